The Bertz CT molecular complexity index is 781. The molecule has 6 nitrogen and oxygen atoms in total. The molecule has 0 bridgehead atoms. The number of rotatable bonds is 4. The van der Waals surface area contributed by atoms with Crippen molar-refractivity contribution in [2.45, 2.75) is 56.5 Å². The number of hydrogen-bond acceptors (Lipinski definition) is 3. The second kappa shape index (κ2) is 8.09. The van der Waals surface area contributed by atoms with E-state index in [1.165, 1.54) is 17.0 Å². The van der Waals surface area contributed by atoms with E-state index in [0.717, 1.165) is 25.0 Å². The molecule has 1 heterocycles. The van der Waals surface area contributed by atoms with Crippen LogP contribution in [0.2, 0.25) is 0 Å². The Kier molecular flexibility index (Phi) is 6.04. The van der Waals surface area contributed by atoms with Gasteiger partial charge < -0.3 is 19.8 Å². The number of alkyl halides is 3. The maximum absolute atomic E-state index is 13.2. The second-order valence-electron chi connectivity index (χ2n) is 8.49. The van der Waals surface area contributed by atoms with Crippen molar-refractivity contribution in [1.29, 1.82) is 0 Å². The molecule has 0 spiro atoms. The number of halogens is 3. The van der Waals surface area contributed by atoms with Crippen LogP contribution in [0.1, 0.15) is 48.5 Å². The molecule has 9 heteroatoms. The fourth-order valence-corrected chi connectivity index (χ4v) is 3.85. The molecule has 0 unspecified atom stereocenters. The summed E-state index contributed by atoms with van der Waals surface area (Å²) in [6.45, 7) is 1.82. The molecule has 0 aromatic heterocycles. The van der Waals surface area contributed by atoms with Crippen molar-refractivity contribution >= 4 is 11.9 Å². The van der Waals surface area contributed by atoms with E-state index < -0.39 is 11.8 Å². The summed E-state index contributed by atoms with van der Waals surface area (Å²) in [5.74, 6) is -0.215. The molecule has 3 amide bonds. The topological polar surface area (TPSA) is 64.1 Å². The summed E-state index contributed by atoms with van der Waals surface area (Å²) in [6, 6.07) is 5.08. The minimum Gasteiger partial charge on any atom is -0.376 e. The van der Waals surface area contributed by atoms with Crippen LogP contribution in [-0.2, 0) is 5.60 Å². The number of carbonyl (C=O) groups is 2. The maximum atomic E-state index is 13.2. The summed E-state index contributed by atoms with van der Waals surface area (Å²) >= 11 is 0. The maximum Gasteiger partial charge on any atom is 0.421 e. The average Bonchev–Trinajstić information content (AvgIpc) is 3.52. The first-order chi connectivity index (χ1) is 13.9. The van der Waals surface area contributed by atoms with Crippen molar-refractivity contribution in [3.8, 4) is 0 Å². The minimum atomic E-state index is -4.81. The van der Waals surface area contributed by atoms with Gasteiger partial charge in [-0.15, -0.1) is 0 Å². The van der Waals surface area contributed by atoms with Crippen molar-refractivity contribution < 1.29 is 27.9 Å². The Morgan fingerprint density at radius 3 is 1.93 bits per heavy atom. The Labute approximate surface area is 174 Å². The first kappa shape index (κ1) is 22.4. The summed E-state index contributed by atoms with van der Waals surface area (Å²) in [7, 11) is 3.41. The molecule has 2 aliphatic rings. The number of nitrogens with zero attached hydrogens (tertiary/aromatic N) is 3. The monoisotopic (exact) mass is 427 g/mol. The summed E-state index contributed by atoms with van der Waals surface area (Å²) in [6.07, 6.45) is -1.66. The van der Waals surface area contributed by atoms with Gasteiger partial charge in [-0.2, -0.15) is 13.2 Å². The standard InChI is InChI=1S/C21H28F3N3O3/c1-20(30,21(22,23)24)15-6-4-14(5-7-15)18(28)27(16-8-9-16)17-10-12-26(13-11-17)19(29)25(2)3/h4-7,16-17,30H,8-13H2,1-3H3/t20-/m0/s1. The molecule has 0 radical (unpaired) electrons. The van der Waals surface area contributed by atoms with Crippen molar-refractivity contribution in [3.05, 3.63) is 35.4 Å². The predicted octanol–water partition coefficient (Wildman–Crippen LogP) is 3.21. The lowest BCUT2D eigenvalue weighted by Crippen LogP contribution is -2.51. The van der Waals surface area contributed by atoms with Gasteiger partial charge in [0.2, 0.25) is 0 Å². The van der Waals surface area contributed by atoms with E-state index in [2.05, 4.69) is 0 Å². The first-order valence-electron chi connectivity index (χ1n) is 10.1. The molecule has 1 N–H and O–H groups in total. The number of hydrogen-bond donors (Lipinski definition) is 1. The van der Waals surface area contributed by atoms with E-state index in [-0.39, 0.29) is 29.6 Å². The number of piperidine rings is 1. The van der Waals surface area contributed by atoms with Crippen LogP contribution in [0.4, 0.5) is 18.0 Å². The summed E-state index contributed by atoms with van der Waals surface area (Å²) in [4.78, 5) is 30.4. The molecule has 3 rings (SSSR count). The molecule has 1 aromatic rings. The summed E-state index contributed by atoms with van der Waals surface area (Å²) in [5, 5.41) is 9.82. The van der Waals surface area contributed by atoms with Gasteiger partial charge in [0.1, 0.15) is 0 Å². The van der Waals surface area contributed by atoms with Gasteiger partial charge in [-0.05, 0) is 50.3 Å². The van der Waals surface area contributed by atoms with Crippen LogP contribution >= 0.6 is 0 Å². The molecular formula is C21H28F3N3O3. The molecule has 1 aromatic carbocycles. The second-order valence-corrected chi connectivity index (χ2v) is 8.49. The lowest BCUT2D eigenvalue weighted by Gasteiger charge is -2.39. The van der Waals surface area contributed by atoms with Gasteiger partial charge in [-0.1, -0.05) is 12.1 Å². The molecule has 1 saturated heterocycles. The Morgan fingerprint density at radius 2 is 1.50 bits per heavy atom. The normalized spacial score (nSPS) is 19.9. The predicted molar refractivity (Wildman–Crippen MR) is 105 cm³/mol. The third-order valence-electron chi connectivity index (χ3n) is 5.93. The van der Waals surface area contributed by atoms with Gasteiger partial charge >= 0.3 is 12.2 Å². The highest BCUT2D eigenvalue weighted by molar-refractivity contribution is 5.95. The van der Waals surface area contributed by atoms with E-state index in [1.54, 1.807) is 19.0 Å². The van der Waals surface area contributed by atoms with E-state index in [1.807, 2.05) is 4.90 Å². The number of amides is 3. The summed E-state index contributed by atoms with van der Waals surface area (Å²) < 4.78 is 39.1. The SMILES string of the molecule is CN(C)C(=O)N1CCC(N(C(=O)c2ccc([C@](C)(O)C(F)(F)F)cc2)C2CC2)CC1. The molecule has 1 aliphatic carbocycles. The highest BCUT2D eigenvalue weighted by atomic mass is 19.4. The van der Waals surface area contributed by atoms with Gasteiger partial charge in [0.25, 0.3) is 5.91 Å². The van der Waals surface area contributed by atoms with Crippen molar-refractivity contribution in [3.63, 3.8) is 0 Å². The zero-order chi connectivity index (χ0) is 22.3. The van der Waals surface area contributed by atoms with Gasteiger partial charge in [-0.3, -0.25) is 4.79 Å². The molecule has 1 atom stereocenters. The van der Waals surface area contributed by atoms with Gasteiger partial charge in [0, 0.05) is 44.8 Å². The van der Waals surface area contributed by atoms with Crippen LogP contribution in [0.5, 0.6) is 0 Å². The molecule has 30 heavy (non-hydrogen) atoms. The largest absolute Gasteiger partial charge is 0.421 e. The first-order valence-corrected chi connectivity index (χ1v) is 10.1. The van der Waals surface area contributed by atoms with Crippen LogP contribution in [0.15, 0.2) is 24.3 Å². The molecule has 2 fully saturated rings. The van der Waals surface area contributed by atoms with Crippen LogP contribution < -0.4 is 0 Å². The quantitative estimate of drug-likeness (QED) is 0.803. The highest BCUT2D eigenvalue weighted by Gasteiger charge is 2.51. The Balaban J connectivity index is 1.72. The van der Waals surface area contributed by atoms with Crippen LogP contribution in [0.3, 0.4) is 0 Å². The molecule has 166 valence electrons. The number of aliphatic hydroxyl groups is 1. The van der Waals surface area contributed by atoms with Crippen LogP contribution in [-0.4, -0.2) is 77.2 Å². The Morgan fingerprint density at radius 1 is 1.00 bits per heavy atom. The summed E-state index contributed by atoms with van der Waals surface area (Å²) in [5.41, 5.74) is -2.98. The minimum absolute atomic E-state index is 0.00540. The molecular weight excluding hydrogens is 399 g/mol. The van der Waals surface area contributed by atoms with Crippen molar-refractivity contribution in [2.24, 2.45) is 0 Å². The van der Waals surface area contributed by atoms with E-state index in [4.69, 9.17) is 0 Å². The lowest BCUT2D eigenvalue weighted by atomic mass is 9.94. The van der Waals surface area contributed by atoms with Crippen molar-refractivity contribution in [1.82, 2.24) is 14.7 Å². The molecule has 1 saturated carbocycles. The zero-order valence-electron chi connectivity index (χ0n) is 17.4. The molecule has 1 aliphatic heterocycles. The van der Waals surface area contributed by atoms with E-state index >= 15 is 0 Å². The van der Waals surface area contributed by atoms with Gasteiger partial charge in [0.15, 0.2) is 5.60 Å². The van der Waals surface area contributed by atoms with Crippen LogP contribution in [0, 0.1) is 0 Å². The van der Waals surface area contributed by atoms with Crippen molar-refractivity contribution in [2.75, 3.05) is 27.2 Å². The number of urea groups is 1. The zero-order valence-corrected chi connectivity index (χ0v) is 17.4. The van der Waals surface area contributed by atoms with Gasteiger partial charge in [0.05, 0.1) is 0 Å². The van der Waals surface area contributed by atoms with Crippen LogP contribution in [0.25, 0.3) is 0 Å². The number of likely N-dealkylation sites (tertiary alicyclic amines) is 1. The lowest BCUT2D eigenvalue weighted by molar-refractivity contribution is -0.258. The van der Waals surface area contributed by atoms with E-state index in [0.29, 0.717) is 38.4 Å². The fraction of sp³-hybridized carbons (Fsp3) is 0.619. The Hall–Kier alpha value is -2.29. The smallest absolute Gasteiger partial charge is 0.376 e. The highest BCUT2D eigenvalue weighted by Crippen LogP contribution is 2.39. The number of benzene rings is 1. The van der Waals surface area contributed by atoms with Gasteiger partial charge in [-0.25, -0.2) is 4.79 Å². The third-order valence-corrected chi connectivity index (χ3v) is 5.93. The van der Waals surface area contributed by atoms with E-state index in [9.17, 15) is 27.9 Å². The average molecular weight is 427 g/mol. The fourth-order valence-electron chi connectivity index (χ4n) is 3.85. The number of carbonyl (C=O) groups excluding carboxylic acids is 2. The third kappa shape index (κ3) is 4.40.